The molecule has 2 heterocycles. The van der Waals surface area contributed by atoms with Gasteiger partial charge in [0.1, 0.15) is 0 Å². The van der Waals surface area contributed by atoms with Gasteiger partial charge in [0, 0.05) is 37.3 Å². The van der Waals surface area contributed by atoms with Crippen molar-refractivity contribution in [1.82, 2.24) is 10.2 Å². The zero-order valence-electron chi connectivity index (χ0n) is 13.7. The molecule has 0 bridgehead atoms. The summed E-state index contributed by atoms with van der Waals surface area (Å²) in [5, 5.41) is 3.97. The van der Waals surface area contributed by atoms with Gasteiger partial charge in [0.25, 0.3) is 0 Å². The van der Waals surface area contributed by atoms with Crippen LogP contribution in [0.3, 0.4) is 0 Å². The number of ether oxygens (including phenoxy) is 1. The number of piperazine rings is 1. The Morgan fingerprint density at radius 2 is 1.95 bits per heavy atom. The van der Waals surface area contributed by atoms with Gasteiger partial charge < -0.3 is 10.1 Å². The molecule has 3 atom stereocenters. The minimum absolute atomic E-state index is 0.431. The molecule has 0 amide bonds. The predicted molar refractivity (Wildman–Crippen MR) is 85.5 cm³/mol. The molecule has 4 rings (SSSR count). The molecule has 0 aromatic rings. The lowest BCUT2D eigenvalue weighted by molar-refractivity contribution is -0.0156. The minimum Gasteiger partial charge on any atom is -0.376 e. The highest BCUT2D eigenvalue weighted by Gasteiger charge is 2.48. The zero-order chi connectivity index (χ0) is 14.3. The van der Waals surface area contributed by atoms with Crippen LogP contribution < -0.4 is 5.32 Å². The third-order valence-electron chi connectivity index (χ3n) is 6.56. The number of hydrogen-bond acceptors (Lipinski definition) is 3. The van der Waals surface area contributed by atoms with E-state index in [9.17, 15) is 0 Å². The molecule has 21 heavy (non-hydrogen) atoms. The van der Waals surface area contributed by atoms with Crippen LogP contribution >= 0.6 is 0 Å². The van der Waals surface area contributed by atoms with Crippen LogP contribution in [0.25, 0.3) is 0 Å². The van der Waals surface area contributed by atoms with Crippen LogP contribution in [0.5, 0.6) is 0 Å². The molecule has 3 nitrogen and oxygen atoms in total. The lowest BCUT2D eigenvalue weighted by Crippen LogP contribution is -2.67. The molecule has 0 aromatic heterocycles. The second-order valence-corrected chi connectivity index (χ2v) is 7.99. The average Bonchev–Trinajstić information content (AvgIpc) is 3.25. The normalized spacial score (nSPS) is 40.7. The quantitative estimate of drug-likeness (QED) is 0.865. The maximum Gasteiger partial charge on any atom is 0.0759 e. The van der Waals surface area contributed by atoms with Crippen molar-refractivity contribution < 1.29 is 4.74 Å². The van der Waals surface area contributed by atoms with Crippen LogP contribution in [0, 0.1) is 5.92 Å². The SMILES string of the molecule is CCC1CNC2(CCCCC2)CN1C1CCOC1C1CC1. The number of nitrogens with one attached hydrogen (secondary N) is 1. The Hall–Kier alpha value is -0.120. The molecule has 2 saturated carbocycles. The van der Waals surface area contributed by atoms with E-state index >= 15 is 0 Å². The summed E-state index contributed by atoms with van der Waals surface area (Å²) in [6.07, 6.45) is 13.0. The summed E-state index contributed by atoms with van der Waals surface area (Å²) in [7, 11) is 0. The largest absolute Gasteiger partial charge is 0.376 e. The van der Waals surface area contributed by atoms with E-state index in [4.69, 9.17) is 4.74 Å². The fraction of sp³-hybridized carbons (Fsp3) is 1.00. The molecular formula is C18H32N2O. The second-order valence-electron chi connectivity index (χ2n) is 7.99. The van der Waals surface area contributed by atoms with Crippen molar-refractivity contribution in [3.05, 3.63) is 0 Å². The highest BCUT2D eigenvalue weighted by atomic mass is 16.5. The smallest absolute Gasteiger partial charge is 0.0759 e. The van der Waals surface area contributed by atoms with E-state index in [1.807, 2.05) is 0 Å². The first-order chi connectivity index (χ1) is 10.3. The summed E-state index contributed by atoms with van der Waals surface area (Å²) in [4.78, 5) is 2.89. The van der Waals surface area contributed by atoms with Gasteiger partial charge in [-0.05, 0) is 44.4 Å². The van der Waals surface area contributed by atoms with E-state index in [1.165, 1.54) is 70.9 Å². The number of nitrogens with zero attached hydrogens (tertiary/aromatic N) is 1. The third-order valence-corrected chi connectivity index (χ3v) is 6.56. The summed E-state index contributed by atoms with van der Waals surface area (Å²) in [6.45, 7) is 5.84. The Bertz CT molecular complexity index is 362. The molecule has 2 aliphatic heterocycles. The van der Waals surface area contributed by atoms with Crippen molar-refractivity contribution in [2.24, 2.45) is 5.92 Å². The maximum absolute atomic E-state index is 6.15. The standard InChI is InChI=1S/C18H32N2O/c1-2-15-12-19-18(9-4-3-5-10-18)13-20(15)16-8-11-21-17(16)14-6-7-14/h14-17,19H,2-13H2,1H3. The van der Waals surface area contributed by atoms with Gasteiger partial charge in [-0.25, -0.2) is 0 Å². The van der Waals surface area contributed by atoms with Crippen LogP contribution in [-0.2, 0) is 4.74 Å². The zero-order valence-corrected chi connectivity index (χ0v) is 13.7. The number of rotatable bonds is 3. The summed E-state index contributed by atoms with van der Waals surface area (Å²) < 4.78 is 6.15. The van der Waals surface area contributed by atoms with Gasteiger partial charge in [-0.3, -0.25) is 4.90 Å². The first-order valence-electron chi connectivity index (χ1n) is 9.44. The molecule has 4 aliphatic rings. The Balaban J connectivity index is 1.51. The first kappa shape index (κ1) is 14.5. The molecule has 4 fully saturated rings. The van der Waals surface area contributed by atoms with Gasteiger partial charge in [-0.1, -0.05) is 26.2 Å². The lowest BCUT2D eigenvalue weighted by atomic mass is 9.78. The predicted octanol–water partition coefficient (Wildman–Crippen LogP) is 2.94. The molecule has 0 radical (unpaired) electrons. The van der Waals surface area contributed by atoms with Gasteiger partial charge in [0.2, 0.25) is 0 Å². The van der Waals surface area contributed by atoms with Gasteiger partial charge in [0.05, 0.1) is 6.10 Å². The van der Waals surface area contributed by atoms with Crippen molar-refractivity contribution in [2.75, 3.05) is 19.7 Å². The topological polar surface area (TPSA) is 24.5 Å². The number of hydrogen-bond donors (Lipinski definition) is 1. The molecule has 0 aromatic carbocycles. The maximum atomic E-state index is 6.15. The molecule has 2 aliphatic carbocycles. The van der Waals surface area contributed by atoms with Crippen LogP contribution in [0.15, 0.2) is 0 Å². The van der Waals surface area contributed by atoms with E-state index in [1.54, 1.807) is 0 Å². The third kappa shape index (κ3) is 2.77. The van der Waals surface area contributed by atoms with E-state index < -0.39 is 0 Å². The molecule has 3 unspecified atom stereocenters. The van der Waals surface area contributed by atoms with Crippen molar-refractivity contribution in [3.63, 3.8) is 0 Å². The van der Waals surface area contributed by atoms with Crippen LogP contribution in [0.2, 0.25) is 0 Å². The lowest BCUT2D eigenvalue weighted by Gasteiger charge is -2.52. The Labute approximate surface area is 129 Å². The van der Waals surface area contributed by atoms with Gasteiger partial charge in [-0.2, -0.15) is 0 Å². The molecule has 120 valence electrons. The summed E-state index contributed by atoms with van der Waals surface area (Å²) >= 11 is 0. The molecule has 3 heteroatoms. The van der Waals surface area contributed by atoms with Crippen molar-refractivity contribution in [1.29, 1.82) is 0 Å². The van der Waals surface area contributed by atoms with Crippen molar-refractivity contribution >= 4 is 0 Å². The summed E-state index contributed by atoms with van der Waals surface area (Å²) in [5.41, 5.74) is 0.431. The highest BCUT2D eigenvalue weighted by molar-refractivity contribution is 5.04. The van der Waals surface area contributed by atoms with Gasteiger partial charge in [-0.15, -0.1) is 0 Å². The summed E-state index contributed by atoms with van der Waals surface area (Å²) in [5.74, 6) is 0.882. The molecule has 1 N–H and O–H groups in total. The molecule has 2 saturated heterocycles. The Kier molecular flexibility index (Phi) is 4.01. The van der Waals surface area contributed by atoms with Crippen molar-refractivity contribution in [2.45, 2.75) is 88.4 Å². The fourth-order valence-electron chi connectivity index (χ4n) is 5.15. The first-order valence-corrected chi connectivity index (χ1v) is 9.44. The van der Waals surface area contributed by atoms with Gasteiger partial charge in [0.15, 0.2) is 0 Å². The van der Waals surface area contributed by atoms with Crippen LogP contribution in [0.4, 0.5) is 0 Å². The Morgan fingerprint density at radius 1 is 1.14 bits per heavy atom. The Morgan fingerprint density at radius 3 is 2.67 bits per heavy atom. The molecule has 1 spiro atoms. The van der Waals surface area contributed by atoms with Crippen molar-refractivity contribution in [3.8, 4) is 0 Å². The van der Waals surface area contributed by atoms with E-state index in [0.717, 1.165) is 18.6 Å². The van der Waals surface area contributed by atoms with Crippen LogP contribution in [-0.4, -0.2) is 48.3 Å². The minimum atomic E-state index is 0.431. The van der Waals surface area contributed by atoms with Gasteiger partial charge >= 0.3 is 0 Å². The fourth-order valence-corrected chi connectivity index (χ4v) is 5.15. The summed E-state index contributed by atoms with van der Waals surface area (Å²) in [6, 6.07) is 1.44. The highest BCUT2D eigenvalue weighted by Crippen LogP contribution is 2.42. The average molecular weight is 292 g/mol. The van der Waals surface area contributed by atoms with E-state index in [2.05, 4.69) is 17.1 Å². The van der Waals surface area contributed by atoms with E-state index in [0.29, 0.717) is 17.7 Å². The second kappa shape index (κ2) is 5.82. The van der Waals surface area contributed by atoms with E-state index in [-0.39, 0.29) is 0 Å². The monoisotopic (exact) mass is 292 g/mol. The molecular weight excluding hydrogens is 260 g/mol. The van der Waals surface area contributed by atoms with Crippen LogP contribution in [0.1, 0.15) is 64.7 Å².